The molecular weight excluding hydrogens is 285 g/mol. The van der Waals surface area contributed by atoms with Crippen LogP contribution in [0.4, 0.5) is 0 Å². The molecule has 0 aliphatic carbocycles. The first-order valence-electron chi connectivity index (χ1n) is 5.17. The molecule has 0 aliphatic heterocycles. The molecule has 89 valence electrons. The monoisotopic (exact) mass is 294 g/mol. The van der Waals surface area contributed by atoms with Crippen molar-refractivity contribution in [3.63, 3.8) is 0 Å². The number of fused-ring (bicyclic) bond motifs is 1. The van der Waals surface area contributed by atoms with Gasteiger partial charge in [-0.1, -0.05) is 24.3 Å². The standard InChI is InChI=1S/C13H9NOS.O.V/c15-11-7-3-1-5-9(11)13-14-10-6-2-4-8-12(10)16-13;;/h1-8,15H;;. The SMILES string of the molecule is Oc1ccccc1-c1nc2ccccc2s1.[O]=[V]. The first-order chi connectivity index (χ1) is 8.84. The minimum absolute atomic E-state index is 0.279. The summed E-state index contributed by atoms with van der Waals surface area (Å²) in [6, 6.07) is 15.3. The Kier molecular flexibility index (Phi) is 4.26. The number of hydrogen-bond acceptors (Lipinski definition) is 4. The van der Waals surface area contributed by atoms with Crippen molar-refractivity contribution in [2.24, 2.45) is 0 Å². The number of hydrogen-bond donors (Lipinski definition) is 1. The fourth-order valence-corrected chi connectivity index (χ4v) is 2.64. The summed E-state index contributed by atoms with van der Waals surface area (Å²) in [6.07, 6.45) is 0. The van der Waals surface area contributed by atoms with Gasteiger partial charge in [-0.2, -0.15) is 0 Å². The number of phenols is 1. The molecule has 0 unspecified atom stereocenters. The van der Waals surface area contributed by atoms with Crippen molar-refractivity contribution < 1.29 is 26.1 Å². The van der Waals surface area contributed by atoms with Crippen molar-refractivity contribution in [3.05, 3.63) is 48.5 Å². The van der Waals surface area contributed by atoms with Gasteiger partial charge in [0.1, 0.15) is 10.8 Å². The predicted octanol–water partition coefficient (Wildman–Crippen LogP) is 3.55. The molecule has 1 N–H and O–H groups in total. The molecule has 18 heavy (non-hydrogen) atoms. The first kappa shape index (κ1) is 13.0. The molecule has 0 aliphatic rings. The van der Waals surface area contributed by atoms with Crippen molar-refractivity contribution in [3.8, 4) is 16.3 Å². The van der Waals surface area contributed by atoms with E-state index in [0.717, 1.165) is 38.2 Å². The molecule has 0 fully saturated rings. The van der Waals surface area contributed by atoms with Crippen LogP contribution in [-0.4, -0.2) is 10.1 Å². The van der Waals surface area contributed by atoms with E-state index in [9.17, 15) is 5.11 Å². The number of thiazole rings is 1. The van der Waals surface area contributed by atoms with E-state index in [1.807, 2.05) is 42.5 Å². The van der Waals surface area contributed by atoms with Crippen molar-refractivity contribution in [2.45, 2.75) is 0 Å². The average molecular weight is 294 g/mol. The summed E-state index contributed by atoms with van der Waals surface area (Å²) in [7, 11) is 0. The second kappa shape index (κ2) is 5.91. The Hall–Kier alpha value is -1.49. The van der Waals surface area contributed by atoms with E-state index < -0.39 is 0 Å². The molecule has 3 nitrogen and oxygen atoms in total. The molecule has 1 aromatic heterocycles. The quantitative estimate of drug-likeness (QED) is 0.746. The Labute approximate surface area is 117 Å². The fourth-order valence-electron chi connectivity index (χ4n) is 1.64. The van der Waals surface area contributed by atoms with Gasteiger partial charge in [0.15, 0.2) is 0 Å². The number of benzene rings is 2. The van der Waals surface area contributed by atoms with Gasteiger partial charge in [0.25, 0.3) is 0 Å². The summed E-state index contributed by atoms with van der Waals surface area (Å²) >= 11 is 2.66. The van der Waals surface area contributed by atoms with Crippen molar-refractivity contribution >= 4 is 21.6 Å². The second-order valence-electron chi connectivity index (χ2n) is 3.50. The third kappa shape index (κ3) is 2.51. The Bertz CT molecular complexity index is 636. The van der Waals surface area contributed by atoms with Crippen LogP contribution in [-0.2, 0) is 21.0 Å². The van der Waals surface area contributed by atoms with Gasteiger partial charge in [0, 0.05) is 0 Å². The molecule has 0 radical (unpaired) electrons. The van der Waals surface area contributed by atoms with Gasteiger partial charge in [-0.3, -0.25) is 0 Å². The van der Waals surface area contributed by atoms with Gasteiger partial charge in [0.2, 0.25) is 0 Å². The van der Waals surface area contributed by atoms with Gasteiger partial charge in [-0.15, -0.1) is 11.3 Å². The van der Waals surface area contributed by atoms with Crippen LogP contribution in [0.15, 0.2) is 48.5 Å². The number of aromatic hydroxyl groups is 1. The number of rotatable bonds is 1. The summed E-state index contributed by atoms with van der Waals surface area (Å²) in [4.78, 5) is 4.50. The molecule has 3 rings (SSSR count). The van der Waals surface area contributed by atoms with Gasteiger partial charge >= 0.3 is 21.0 Å². The van der Waals surface area contributed by atoms with Crippen LogP contribution in [0.2, 0.25) is 0 Å². The summed E-state index contributed by atoms with van der Waals surface area (Å²) in [6.45, 7) is 0. The number of para-hydroxylation sites is 2. The van der Waals surface area contributed by atoms with Crippen LogP contribution < -0.4 is 0 Å². The van der Waals surface area contributed by atoms with Crippen LogP contribution in [0, 0.1) is 0 Å². The summed E-state index contributed by atoms with van der Waals surface area (Å²) in [5, 5.41) is 10.6. The van der Waals surface area contributed by atoms with Crippen LogP contribution >= 0.6 is 11.3 Å². The average Bonchev–Trinajstić information content (AvgIpc) is 2.85. The van der Waals surface area contributed by atoms with E-state index in [1.54, 1.807) is 17.4 Å². The summed E-state index contributed by atoms with van der Waals surface area (Å²) < 4.78 is 9.33. The zero-order valence-corrected chi connectivity index (χ0v) is 11.5. The van der Waals surface area contributed by atoms with Gasteiger partial charge in [-0.25, -0.2) is 4.98 Å². The van der Waals surface area contributed by atoms with Crippen LogP contribution in [0.5, 0.6) is 5.75 Å². The van der Waals surface area contributed by atoms with E-state index in [4.69, 9.17) is 3.67 Å². The topological polar surface area (TPSA) is 50.2 Å². The maximum atomic E-state index is 9.76. The number of phenolic OH excluding ortho intramolecular Hbond substituents is 1. The molecule has 0 spiro atoms. The van der Waals surface area contributed by atoms with Gasteiger partial charge in [-0.05, 0) is 24.3 Å². The zero-order chi connectivity index (χ0) is 13.0. The van der Waals surface area contributed by atoms with E-state index in [1.165, 1.54) is 0 Å². The third-order valence-electron chi connectivity index (χ3n) is 2.43. The van der Waals surface area contributed by atoms with E-state index >= 15 is 0 Å². The second-order valence-corrected chi connectivity index (χ2v) is 4.53. The van der Waals surface area contributed by atoms with E-state index in [-0.39, 0.29) is 5.75 Å². The van der Waals surface area contributed by atoms with Crippen LogP contribution in [0.25, 0.3) is 20.8 Å². The molecule has 0 saturated carbocycles. The molecule has 1 heterocycles. The normalized spacial score (nSPS) is 9.72. The van der Waals surface area contributed by atoms with E-state index in [2.05, 4.69) is 4.98 Å². The fraction of sp³-hybridized carbons (Fsp3) is 0. The molecular formula is C13H9NO2SV. The maximum absolute atomic E-state index is 9.76. The van der Waals surface area contributed by atoms with Crippen LogP contribution in [0.3, 0.4) is 0 Å². The Morgan fingerprint density at radius 3 is 2.39 bits per heavy atom. The molecule has 0 bridgehead atoms. The Morgan fingerprint density at radius 1 is 1.00 bits per heavy atom. The third-order valence-corrected chi connectivity index (χ3v) is 3.50. The van der Waals surface area contributed by atoms with E-state index in [0.29, 0.717) is 0 Å². The van der Waals surface area contributed by atoms with Crippen molar-refractivity contribution in [1.82, 2.24) is 4.98 Å². The Morgan fingerprint density at radius 2 is 1.67 bits per heavy atom. The minimum atomic E-state index is 0.279. The zero-order valence-electron chi connectivity index (χ0n) is 9.28. The van der Waals surface area contributed by atoms with Crippen molar-refractivity contribution in [2.75, 3.05) is 0 Å². The Balaban J connectivity index is 0.000000574. The molecule has 0 saturated heterocycles. The van der Waals surface area contributed by atoms with Gasteiger partial charge in [0.05, 0.1) is 15.8 Å². The molecule has 5 heteroatoms. The number of aromatic nitrogens is 1. The van der Waals surface area contributed by atoms with Gasteiger partial charge < -0.3 is 5.11 Å². The van der Waals surface area contributed by atoms with Crippen molar-refractivity contribution in [1.29, 1.82) is 0 Å². The molecule has 0 amide bonds. The number of nitrogens with zero attached hydrogens (tertiary/aromatic N) is 1. The first-order valence-corrected chi connectivity index (χ1v) is 6.55. The summed E-state index contributed by atoms with van der Waals surface area (Å²) in [5.74, 6) is 0.279. The molecule has 2 aromatic carbocycles. The molecule has 3 aromatic rings. The van der Waals surface area contributed by atoms with Crippen LogP contribution in [0.1, 0.15) is 0 Å². The molecule has 0 atom stereocenters. The summed E-state index contributed by atoms with van der Waals surface area (Å²) in [5.41, 5.74) is 1.77. The predicted molar refractivity (Wildman–Crippen MR) is 67.4 cm³/mol.